The minimum absolute atomic E-state index is 0.115. The fourth-order valence-electron chi connectivity index (χ4n) is 4.11. The number of amides is 1. The normalized spacial score (nSPS) is 17.1. The van der Waals surface area contributed by atoms with Crippen LogP contribution < -0.4 is 14.2 Å². The third kappa shape index (κ3) is 4.45. The van der Waals surface area contributed by atoms with Crippen molar-refractivity contribution in [2.75, 3.05) is 21.3 Å². The van der Waals surface area contributed by atoms with Gasteiger partial charge in [0.2, 0.25) is 0 Å². The molecule has 4 rings (SSSR count). The Kier molecular flexibility index (Phi) is 7.25. The predicted molar refractivity (Wildman–Crippen MR) is 135 cm³/mol. The molecule has 0 bridgehead atoms. The smallest absolute Gasteiger partial charge is 0.295 e. The first-order chi connectivity index (χ1) is 16.8. The lowest BCUT2D eigenvalue weighted by Gasteiger charge is -2.27. The summed E-state index contributed by atoms with van der Waals surface area (Å²) >= 11 is 14.0. The largest absolute Gasteiger partial charge is 0.507 e. The first-order valence-corrected chi connectivity index (χ1v) is 12.0. The molecule has 1 atom stereocenters. The summed E-state index contributed by atoms with van der Waals surface area (Å²) in [7, 11) is 4.37. The average molecular weight is 534 g/mol. The first kappa shape index (κ1) is 24.9. The minimum atomic E-state index is -0.957. The van der Waals surface area contributed by atoms with Gasteiger partial charge in [0, 0.05) is 16.0 Å². The van der Waals surface area contributed by atoms with Gasteiger partial charge in [-0.05, 0) is 29.6 Å². The number of halogens is 2. The van der Waals surface area contributed by atoms with E-state index in [4.69, 9.17) is 37.4 Å². The van der Waals surface area contributed by atoms with E-state index in [1.165, 1.54) is 49.7 Å². The summed E-state index contributed by atoms with van der Waals surface area (Å²) in [5.41, 5.74) is 0.534. The van der Waals surface area contributed by atoms with Gasteiger partial charge in [-0.25, -0.2) is 0 Å². The van der Waals surface area contributed by atoms with Crippen LogP contribution in [0.2, 0.25) is 10.0 Å². The number of rotatable bonds is 7. The molecular weight excluding hydrogens is 513 g/mol. The second kappa shape index (κ2) is 10.2. The highest BCUT2D eigenvalue weighted by Gasteiger charge is 2.47. The number of ketones is 1. The number of para-hydroxylation sites is 1. The van der Waals surface area contributed by atoms with E-state index in [0.29, 0.717) is 17.1 Å². The molecule has 1 aromatic heterocycles. The number of thiophene rings is 1. The van der Waals surface area contributed by atoms with Crippen molar-refractivity contribution in [1.82, 2.24) is 4.90 Å². The number of aliphatic hydroxyl groups excluding tert-OH is 1. The number of nitrogens with zero attached hydrogens (tertiary/aromatic N) is 1. The molecule has 0 radical (unpaired) electrons. The van der Waals surface area contributed by atoms with Gasteiger partial charge in [0.25, 0.3) is 11.7 Å². The van der Waals surface area contributed by atoms with E-state index >= 15 is 0 Å². The third-order valence-electron chi connectivity index (χ3n) is 5.65. The molecule has 0 aliphatic carbocycles. The van der Waals surface area contributed by atoms with Gasteiger partial charge in [0.15, 0.2) is 17.2 Å². The number of ether oxygens (including phenoxy) is 3. The van der Waals surface area contributed by atoms with Crippen molar-refractivity contribution in [3.63, 3.8) is 0 Å². The van der Waals surface area contributed by atoms with Gasteiger partial charge in [-0.2, -0.15) is 0 Å². The number of likely N-dealkylation sites (tertiary alicyclic amines) is 1. The van der Waals surface area contributed by atoms with Gasteiger partial charge in [-0.1, -0.05) is 41.4 Å². The molecule has 2 aromatic carbocycles. The molecule has 1 amide bonds. The van der Waals surface area contributed by atoms with Crippen LogP contribution in [0.1, 0.15) is 22.0 Å². The summed E-state index contributed by atoms with van der Waals surface area (Å²) in [6.07, 6.45) is 0. The molecular formula is C25H21Cl2NO6S. The molecule has 1 fully saturated rings. The number of Topliss-reactive ketones (excluding diaryl/α,β-unsaturated/α-hetero) is 1. The molecule has 0 saturated carbocycles. The molecule has 35 heavy (non-hydrogen) atoms. The van der Waals surface area contributed by atoms with Gasteiger partial charge in [0.05, 0.1) is 49.5 Å². The minimum Gasteiger partial charge on any atom is -0.507 e. The molecule has 7 nitrogen and oxygen atoms in total. The highest BCUT2D eigenvalue weighted by molar-refractivity contribution is 7.09. The number of hydrogen-bond acceptors (Lipinski definition) is 7. The standard InChI is InChI=1S/C25H21Cl2NO6S/c1-32-18-8-4-7-15(23(18)33-2)20-19(21(29)13-10-16(26)24(34-3)17(27)11-13)22(30)25(31)28(20)12-14-6-5-9-35-14/h4-11,20,29H,12H2,1-3H3/b21-19+. The Morgan fingerprint density at radius 3 is 2.26 bits per heavy atom. The average Bonchev–Trinajstić information content (AvgIpc) is 3.45. The zero-order valence-corrected chi connectivity index (χ0v) is 21.3. The number of hydrogen-bond donors (Lipinski definition) is 1. The molecule has 1 saturated heterocycles. The fourth-order valence-corrected chi connectivity index (χ4v) is 5.46. The zero-order valence-electron chi connectivity index (χ0n) is 19.0. The van der Waals surface area contributed by atoms with Crippen LogP contribution in [0, 0.1) is 0 Å². The van der Waals surface area contributed by atoms with Gasteiger partial charge in [0.1, 0.15) is 5.76 Å². The fraction of sp³-hybridized carbons (Fsp3) is 0.200. The second-order valence-corrected chi connectivity index (χ2v) is 9.41. The highest BCUT2D eigenvalue weighted by atomic mass is 35.5. The summed E-state index contributed by atoms with van der Waals surface area (Å²) in [4.78, 5) is 28.8. The maximum absolute atomic E-state index is 13.3. The van der Waals surface area contributed by atoms with E-state index < -0.39 is 23.5 Å². The quantitative estimate of drug-likeness (QED) is 0.238. The van der Waals surface area contributed by atoms with Crippen LogP contribution in [0.3, 0.4) is 0 Å². The lowest BCUT2D eigenvalue weighted by Crippen LogP contribution is -2.29. The molecule has 182 valence electrons. The van der Waals surface area contributed by atoms with Crippen molar-refractivity contribution in [1.29, 1.82) is 0 Å². The second-order valence-electron chi connectivity index (χ2n) is 7.56. The number of aliphatic hydroxyl groups is 1. The van der Waals surface area contributed by atoms with Crippen LogP contribution in [0.5, 0.6) is 17.2 Å². The van der Waals surface area contributed by atoms with E-state index in [1.807, 2.05) is 17.5 Å². The molecule has 3 aromatic rings. The van der Waals surface area contributed by atoms with Crippen molar-refractivity contribution in [3.05, 3.63) is 79.5 Å². The topological polar surface area (TPSA) is 85.3 Å². The van der Waals surface area contributed by atoms with Gasteiger partial charge in [-0.3, -0.25) is 9.59 Å². The van der Waals surface area contributed by atoms with Crippen LogP contribution in [0.25, 0.3) is 5.76 Å². The summed E-state index contributed by atoms with van der Waals surface area (Å²) in [5, 5.41) is 13.5. The Hall–Kier alpha value is -3.20. The lowest BCUT2D eigenvalue weighted by atomic mass is 9.94. The number of carbonyl (C=O) groups is 2. The monoisotopic (exact) mass is 533 g/mol. The van der Waals surface area contributed by atoms with Gasteiger partial charge >= 0.3 is 0 Å². The van der Waals surface area contributed by atoms with Crippen molar-refractivity contribution >= 4 is 52.0 Å². The summed E-state index contributed by atoms with van der Waals surface area (Å²) in [6, 6.07) is 10.8. The van der Waals surface area contributed by atoms with Crippen LogP contribution in [0.15, 0.2) is 53.4 Å². The Bertz CT molecular complexity index is 1300. The molecule has 1 aliphatic rings. The molecule has 0 spiro atoms. The van der Waals surface area contributed by atoms with E-state index in [0.717, 1.165) is 4.88 Å². The molecule has 1 N–H and O–H groups in total. The van der Waals surface area contributed by atoms with E-state index in [-0.39, 0.29) is 33.5 Å². The predicted octanol–water partition coefficient (Wildman–Crippen LogP) is 5.70. The molecule has 1 aliphatic heterocycles. The maximum atomic E-state index is 13.3. The summed E-state index contributed by atoms with van der Waals surface area (Å²) in [6.45, 7) is 0.161. The summed E-state index contributed by atoms with van der Waals surface area (Å²) in [5.74, 6) is -1.01. The Morgan fingerprint density at radius 2 is 1.69 bits per heavy atom. The SMILES string of the molecule is COc1cccc(C2/C(=C(\O)c3cc(Cl)c(OC)c(Cl)c3)C(=O)C(=O)N2Cc2cccs2)c1OC. The molecule has 1 unspecified atom stereocenters. The highest BCUT2D eigenvalue weighted by Crippen LogP contribution is 2.47. The Balaban J connectivity index is 1.96. The summed E-state index contributed by atoms with van der Waals surface area (Å²) < 4.78 is 16.2. The van der Waals surface area contributed by atoms with Crippen molar-refractivity contribution in [2.45, 2.75) is 12.6 Å². The van der Waals surface area contributed by atoms with E-state index in [1.54, 1.807) is 18.2 Å². The van der Waals surface area contributed by atoms with Crippen molar-refractivity contribution in [2.24, 2.45) is 0 Å². The Labute approximate surface area is 216 Å². The number of carbonyl (C=O) groups excluding carboxylic acids is 2. The van der Waals surface area contributed by atoms with Crippen LogP contribution in [-0.2, 0) is 16.1 Å². The van der Waals surface area contributed by atoms with Gasteiger partial charge < -0.3 is 24.2 Å². The van der Waals surface area contributed by atoms with Crippen LogP contribution in [-0.4, -0.2) is 43.0 Å². The molecule has 2 heterocycles. The van der Waals surface area contributed by atoms with Crippen molar-refractivity contribution < 1.29 is 28.9 Å². The van der Waals surface area contributed by atoms with Gasteiger partial charge in [-0.15, -0.1) is 11.3 Å². The van der Waals surface area contributed by atoms with E-state index in [9.17, 15) is 14.7 Å². The van der Waals surface area contributed by atoms with Crippen LogP contribution >= 0.6 is 34.5 Å². The third-order valence-corrected chi connectivity index (χ3v) is 7.07. The maximum Gasteiger partial charge on any atom is 0.295 e. The first-order valence-electron chi connectivity index (χ1n) is 10.4. The Morgan fingerprint density at radius 1 is 1.00 bits per heavy atom. The van der Waals surface area contributed by atoms with Crippen LogP contribution in [0.4, 0.5) is 0 Å². The molecule has 10 heteroatoms. The van der Waals surface area contributed by atoms with E-state index in [2.05, 4.69) is 0 Å². The zero-order chi connectivity index (χ0) is 25.3. The lowest BCUT2D eigenvalue weighted by molar-refractivity contribution is -0.140. The number of methoxy groups -OCH3 is 3. The number of benzene rings is 2. The van der Waals surface area contributed by atoms with Crippen molar-refractivity contribution in [3.8, 4) is 17.2 Å².